The van der Waals surface area contributed by atoms with Gasteiger partial charge in [0.25, 0.3) is 0 Å². The Kier molecular flexibility index (Phi) is 5.55. The summed E-state index contributed by atoms with van der Waals surface area (Å²) in [5.41, 5.74) is 3.30. The number of halogens is 1. The molecule has 0 saturated carbocycles. The lowest BCUT2D eigenvalue weighted by molar-refractivity contribution is -0.146. The number of aliphatic hydroxyl groups is 1. The summed E-state index contributed by atoms with van der Waals surface area (Å²) in [6.45, 7) is -0.251. The van der Waals surface area contributed by atoms with E-state index in [0.29, 0.717) is 0 Å². The van der Waals surface area contributed by atoms with Gasteiger partial charge in [-0.05, 0) is 40.5 Å². The summed E-state index contributed by atoms with van der Waals surface area (Å²) < 4.78 is 13.4. The molecule has 3 aromatic rings. The van der Waals surface area contributed by atoms with Crippen molar-refractivity contribution >= 4 is 5.91 Å². The zero-order chi connectivity index (χ0) is 21.1. The maximum absolute atomic E-state index is 13.4. The monoisotopic (exact) mass is 401 g/mol. The van der Waals surface area contributed by atoms with Crippen LogP contribution in [0.25, 0.3) is 11.1 Å². The molecule has 1 aliphatic rings. The third-order valence-corrected chi connectivity index (χ3v) is 5.57. The molecule has 1 saturated heterocycles. The van der Waals surface area contributed by atoms with E-state index in [4.69, 9.17) is 0 Å². The lowest BCUT2D eigenvalue weighted by atomic mass is 9.73. The van der Waals surface area contributed by atoms with Crippen LogP contribution in [0.5, 0.6) is 0 Å². The molecule has 2 aromatic carbocycles. The van der Waals surface area contributed by atoms with Gasteiger partial charge in [0.05, 0.1) is 25.1 Å². The van der Waals surface area contributed by atoms with Crippen molar-refractivity contribution in [2.24, 2.45) is 0 Å². The molecule has 3 atom stereocenters. The second-order valence-electron chi connectivity index (χ2n) is 7.28. The minimum Gasteiger partial charge on any atom is -0.394 e. The molecule has 150 valence electrons. The SMILES string of the molecule is N#C[C@@H]1[C@@H](c2ccccc2-c2ccc(F)cc2)[C@H](CO)N1C(=O)Cc1cccnc1. The van der Waals surface area contributed by atoms with Crippen LogP contribution in [-0.4, -0.2) is 39.6 Å². The summed E-state index contributed by atoms with van der Waals surface area (Å²) >= 11 is 0. The van der Waals surface area contributed by atoms with Gasteiger partial charge in [-0.3, -0.25) is 9.78 Å². The summed E-state index contributed by atoms with van der Waals surface area (Å²) in [5.74, 6) is -0.876. The maximum atomic E-state index is 13.4. The standard InChI is InChI=1S/C24H20FN3O2/c25-18-9-7-17(8-10-18)19-5-1-2-6-20(19)24-21(13-26)28(22(24)15-29)23(30)12-16-4-3-11-27-14-16/h1-11,14,21-22,24,29H,12,15H2/t21-,22+,24-/m1/s1. The first-order valence-electron chi connectivity index (χ1n) is 9.69. The van der Waals surface area contributed by atoms with Gasteiger partial charge in [0.1, 0.15) is 11.9 Å². The smallest absolute Gasteiger partial charge is 0.228 e. The minimum atomic E-state index is -0.687. The number of pyridine rings is 1. The number of hydrogen-bond acceptors (Lipinski definition) is 4. The van der Waals surface area contributed by atoms with Gasteiger partial charge >= 0.3 is 0 Å². The minimum absolute atomic E-state index is 0.120. The molecule has 1 aromatic heterocycles. The fraction of sp³-hybridized carbons (Fsp3) is 0.208. The Hall–Kier alpha value is -3.56. The highest BCUT2D eigenvalue weighted by atomic mass is 19.1. The van der Waals surface area contributed by atoms with Crippen LogP contribution in [0.15, 0.2) is 73.1 Å². The molecule has 6 heteroatoms. The summed E-state index contributed by atoms with van der Waals surface area (Å²) in [4.78, 5) is 18.4. The molecule has 0 spiro atoms. The maximum Gasteiger partial charge on any atom is 0.228 e. The van der Waals surface area contributed by atoms with Gasteiger partial charge in [-0.2, -0.15) is 5.26 Å². The molecule has 30 heavy (non-hydrogen) atoms. The number of aromatic nitrogens is 1. The van der Waals surface area contributed by atoms with E-state index in [1.165, 1.54) is 17.0 Å². The average molecular weight is 401 g/mol. The van der Waals surface area contributed by atoms with Crippen LogP contribution in [0.4, 0.5) is 4.39 Å². The average Bonchev–Trinajstić information content (AvgIpc) is 2.75. The normalized spacial score (nSPS) is 20.3. The van der Waals surface area contributed by atoms with Crippen LogP contribution in [0.2, 0.25) is 0 Å². The Balaban J connectivity index is 1.65. The van der Waals surface area contributed by atoms with Crippen LogP contribution >= 0.6 is 0 Å². The molecular formula is C24H20FN3O2. The Morgan fingerprint density at radius 1 is 1.13 bits per heavy atom. The van der Waals surface area contributed by atoms with Crippen LogP contribution in [-0.2, 0) is 11.2 Å². The third-order valence-electron chi connectivity index (χ3n) is 5.57. The van der Waals surface area contributed by atoms with E-state index in [9.17, 15) is 19.6 Å². The van der Waals surface area contributed by atoms with E-state index >= 15 is 0 Å². The molecule has 0 aliphatic carbocycles. The van der Waals surface area contributed by atoms with Gasteiger partial charge in [0, 0.05) is 18.3 Å². The van der Waals surface area contributed by atoms with Crippen molar-refractivity contribution in [3.05, 3.63) is 90.0 Å². The van der Waals surface area contributed by atoms with E-state index in [1.54, 1.807) is 36.7 Å². The topological polar surface area (TPSA) is 77.2 Å². The number of rotatable bonds is 5. The zero-order valence-corrected chi connectivity index (χ0v) is 16.1. The van der Waals surface area contributed by atoms with Crippen molar-refractivity contribution in [3.63, 3.8) is 0 Å². The van der Waals surface area contributed by atoms with Crippen molar-refractivity contribution in [1.29, 1.82) is 5.26 Å². The molecule has 1 N–H and O–H groups in total. The van der Waals surface area contributed by atoms with Crippen molar-refractivity contribution in [3.8, 4) is 17.2 Å². The fourth-order valence-electron chi connectivity index (χ4n) is 4.17. The van der Waals surface area contributed by atoms with Crippen molar-refractivity contribution in [2.45, 2.75) is 24.4 Å². The Morgan fingerprint density at radius 3 is 2.57 bits per heavy atom. The number of carbonyl (C=O) groups is 1. The number of benzene rings is 2. The molecular weight excluding hydrogens is 381 g/mol. The summed E-state index contributed by atoms with van der Waals surface area (Å²) in [7, 11) is 0. The van der Waals surface area contributed by atoms with Gasteiger partial charge in [-0.1, -0.05) is 42.5 Å². The molecule has 5 nitrogen and oxygen atoms in total. The Bertz CT molecular complexity index is 1080. The second-order valence-corrected chi connectivity index (χ2v) is 7.28. The van der Waals surface area contributed by atoms with E-state index in [1.807, 2.05) is 24.3 Å². The highest BCUT2D eigenvalue weighted by Crippen LogP contribution is 2.44. The summed E-state index contributed by atoms with van der Waals surface area (Å²) in [5, 5.41) is 19.9. The Labute approximate surface area is 174 Å². The second kappa shape index (κ2) is 8.44. The van der Waals surface area contributed by atoms with Gasteiger partial charge in [0.15, 0.2) is 0 Å². The first kappa shape index (κ1) is 19.7. The van der Waals surface area contributed by atoms with Crippen LogP contribution < -0.4 is 0 Å². The Morgan fingerprint density at radius 2 is 1.90 bits per heavy atom. The third kappa shape index (κ3) is 3.56. The quantitative estimate of drug-likeness (QED) is 0.712. The molecule has 0 unspecified atom stereocenters. The molecule has 0 bridgehead atoms. The van der Waals surface area contributed by atoms with Crippen molar-refractivity contribution < 1.29 is 14.3 Å². The fourth-order valence-corrected chi connectivity index (χ4v) is 4.17. The van der Waals surface area contributed by atoms with Crippen LogP contribution in [0.3, 0.4) is 0 Å². The van der Waals surface area contributed by atoms with E-state index in [0.717, 1.165) is 22.3 Å². The lowest BCUT2D eigenvalue weighted by Crippen LogP contribution is -2.65. The van der Waals surface area contributed by atoms with Crippen molar-refractivity contribution in [2.75, 3.05) is 6.61 Å². The number of nitriles is 1. The van der Waals surface area contributed by atoms with Crippen LogP contribution in [0.1, 0.15) is 17.0 Å². The van der Waals surface area contributed by atoms with Gasteiger partial charge < -0.3 is 10.0 Å². The largest absolute Gasteiger partial charge is 0.394 e. The van der Waals surface area contributed by atoms with Gasteiger partial charge in [0.2, 0.25) is 5.91 Å². The van der Waals surface area contributed by atoms with Crippen LogP contribution in [0, 0.1) is 17.1 Å². The molecule has 0 radical (unpaired) electrons. The predicted molar refractivity (Wildman–Crippen MR) is 110 cm³/mol. The summed E-state index contributed by atoms with van der Waals surface area (Å²) in [6, 6.07) is 18.3. The molecule has 1 aliphatic heterocycles. The van der Waals surface area contributed by atoms with Gasteiger partial charge in [-0.15, -0.1) is 0 Å². The molecule has 1 fully saturated rings. The van der Waals surface area contributed by atoms with E-state index < -0.39 is 12.1 Å². The molecule has 2 heterocycles. The van der Waals surface area contributed by atoms with Gasteiger partial charge in [-0.25, -0.2) is 4.39 Å². The molecule has 4 rings (SSSR count). The number of carbonyl (C=O) groups excluding carboxylic acids is 1. The molecule has 1 amide bonds. The lowest BCUT2D eigenvalue weighted by Gasteiger charge is -2.52. The van der Waals surface area contributed by atoms with E-state index in [-0.39, 0.29) is 30.7 Å². The number of amides is 1. The van der Waals surface area contributed by atoms with E-state index in [2.05, 4.69) is 11.1 Å². The number of nitrogens with zero attached hydrogens (tertiary/aromatic N) is 3. The number of likely N-dealkylation sites (tertiary alicyclic amines) is 1. The van der Waals surface area contributed by atoms with Crippen molar-refractivity contribution in [1.82, 2.24) is 9.88 Å². The highest BCUT2D eigenvalue weighted by molar-refractivity contribution is 5.82. The first-order valence-corrected chi connectivity index (χ1v) is 9.69. The number of aliphatic hydroxyl groups excluding tert-OH is 1. The number of hydrogen-bond donors (Lipinski definition) is 1. The highest BCUT2D eigenvalue weighted by Gasteiger charge is 2.52. The zero-order valence-electron chi connectivity index (χ0n) is 16.1. The first-order chi connectivity index (χ1) is 14.6. The summed E-state index contributed by atoms with van der Waals surface area (Å²) in [6.07, 6.45) is 3.37. The predicted octanol–water partition coefficient (Wildman–Crippen LogP) is 3.31.